The topological polar surface area (TPSA) is 54.0 Å². The summed E-state index contributed by atoms with van der Waals surface area (Å²) >= 11 is 0. The maximum atomic E-state index is 12.2. The van der Waals surface area contributed by atoms with Crippen molar-refractivity contribution in [3.8, 4) is 5.75 Å². The van der Waals surface area contributed by atoms with Gasteiger partial charge in [-0.1, -0.05) is 0 Å². The van der Waals surface area contributed by atoms with Crippen molar-refractivity contribution >= 4 is 11.6 Å². The van der Waals surface area contributed by atoms with E-state index in [1.165, 1.54) is 5.69 Å². The van der Waals surface area contributed by atoms with Crippen LogP contribution in [0.25, 0.3) is 0 Å². The number of methoxy groups -OCH3 is 2. The molecule has 0 unspecified atom stereocenters. The first-order valence-corrected chi connectivity index (χ1v) is 8.11. The largest absolute Gasteiger partial charge is 0.497 e. The molecule has 0 bridgehead atoms. The van der Waals surface area contributed by atoms with Gasteiger partial charge in [-0.2, -0.15) is 0 Å². The average molecular weight is 321 g/mol. The molecule has 6 heteroatoms. The summed E-state index contributed by atoms with van der Waals surface area (Å²) in [5, 5.41) is 3.17. The Morgan fingerprint density at radius 2 is 1.83 bits per heavy atom. The molecule has 0 saturated carbocycles. The Bertz CT molecular complexity index is 470. The minimum Gasteiger partial charge on any atom is -0.497 e. The van der Waals surface area contributed by atoms with E-state index in [-0.39, 0.29) is 5.91 Å². The zero-order valence-electron chi connectivity index (χ0n) is 14.1. The van der Waals surface area contributed by atoms with E-state index in [1.807, 2.05) is 17.0 Å². The van der Waals surface area contributed by atoms with Crippen LogP contribution in [0.3, 0.4) is 0 Å². The van der Waals surface area contributed by atoms with Gasteiger partial charge >= 0.3 is 0 Å². The maximum Gasteiger partial charge on any atom is 0.236 e. The number of nitrogens with one attached hydrogen (secondary N) is 1. The monoisotopic (exact) mass is 321 g/mol. The fourth-order valence-electron chi connectivity index (χ4n) is 2.66. The lowest BCUT2D eigenvalue weighted by molar-refractivity contribution is -0.130. The summed E-state index contributed by atoms with van der Waals surface area (Å²) in [6, 6.07) is 8.06. The van der Waals surface area contributed by atoms with Crippen molar-refractivity contribution in [3.05, 3.63) is 24.3 Å². The van der Waals surface area contributed by atoms with E-state index in [2.05, 4.69) is 22.3 Å². The molecule has 6 nitrogen and oxygen atoms in total. The van der Waals surface area contributed by atoms with Crippen LogP contribution in [0.5, 0.6) is 5.75 Å². The van der Waals surface area contributed by atoms with Crippen LogP contribution in [0.4, 0.5) is 5.69 Å². The highest BCUT2D eigenvalue weighted by atomic mass is 16.5. The molecule has 1 amide bonds. The molecule has 2 rings (SSSR count). The third kappa shape index (κ3) is 5.41. The standard InChI is InChI=1S/C17H27N3O3/c1-22-13-3-8-18-14-17(21)20-11-9-19(10-12-20)15-4-6-16(23-2)7-5-15/h4-7,18H,3,8-14H2,1-2H3. The Balaban J connectivity index is 1.71. The van der Waals surface area contributed by atoms with Gasteiger partial charge in [0.1, 0.15) is 5.75 Å². The van der Waals surface area contributed by atoms with Crippen molar-refractivity contribution in [3.63, 3.8) is 0 Å². The number of hydrogen-bond donors (Lipinski definition) is 1. The van der Waals surface area contributed by atoms with Gasteiger partial charge in [-0.15, -0.1) is 0 Å². The lowest BCUT2D eigenvalue weighted by Gasteiger charge is -2.36. The van der Waals surface area contributed by atoms with Gasteiger partial charge in [0.15, 0.2) is 0 Å². The number of hydrogen-bond acceptors (Lipinski definition) is 5. The first-order chi connectivity index (χ1) is 11.2. The minimum absolute atomic E-state index is 0.178. The van der Waals surface area contributed by atoms with Crippen LogP contribution >= 0.6 is 0 Å². The van der Waals surface area contributed by atoms with E-state index in [9.17, 15) is 4.79 Å². The van der Waals surface area contributed by atoms with Gasteiger partial charge in [0.2, 0.25) is 5.91 Å². The van der Waals surface area contributed by atoms with Crippen molar-refractivity contribution in [2.45, 2.75) is 6.42 Å². The highest BCUT2D eigenvalue weighted by Gasteiger charge is 2.20. The van der Waals surface area contributed by atoms with E-state index in [0.29, 0.717) is 6.54 Å². The van der Waals surface area contributed by atoms with Crippen LogP contribution < -0.4 is 15.0 Å². The number of benzene rings is 1. The van der Waals surface area contributed by atoms with Gasteiger partial charge in [0.05, 0.1) is 13.7 Å². The van der Waals surface area contributed by atoms with E-state index >= 15 is 0 Å². The maximum absolute atomic E-state index is 12.2. The molecule has 128 valence electrons. The third-order valence-corrected chi connectivity index (χ3v) is 4.05. The molecule has 1 saturated heterocycles. The third-order valence-electron chi connectivity index (χ3n) is 4.05. The van der Waals surface area contributed by atoms with Crippen LogP contribution in [-0.2, 0) is 9.53 Å². The van der Waals surface area contributed by atoms with Gasteiger partial charge in [0, 0.05) is 45.6 Å². The molecule has 1 N–H and O–H groups in total. The van der Waals surface area contributed by atoms with Crippen LogP contribution in [0, 0.1) is 0 Å². The van der Waals surface area contributed by atoms with Crippen LogP contribution in [0.1, 0.15) is 6.42 Å². The molecule has 1 aromatic carbocycles. The molecule has 0 atom stereocenters. The Hall–Kier alpha value is -1.79. The Kier molecular flexibility index (Phi) is 7.16. The van der Waals surface area contributed by atoms with Crippen LogP contribution in [0.15, 0.2) is 24.3 Å². The summed E-state index contributed by atoms with van der Waals surface area (Å²) in [6.07, 6.45) is 0.926. The number of amides is 1. The first kappa shape index (κ1) is 17.6. The molecule has 1 fully saturated rings. The van der Waals surface area contributed by atoms with Gasteiger partial charge in [-0.05, 0) is 37.2 Å². The van der Waals surface area contributed by atoms with E-state index in [0.717, 1.165) is 51.5 Å². The molecule has 23 heavy (non-hydrogen) atoms. The first-order valence-electron chi connectivity index (χ1n) is 8.11. The Morgan fingerprint density at radius 1 is 1.13 bits per heavy atom. The number of piperazine rings is 1. The molecule has 0 aliphatic carbocycles. The zero-order chi connectivity index (χ0) is 16.5. The summed E-state index contributed by atoms with van der Waals surface area (Å²) in [5.74, 6) is 1.04. The highest BCUT2D eigenvalue weighted by molar-refractivity contribution is 5.78. The lowest BCUT2D eigenvalue weighted by Crippen LogP contribution is -2.51. The predicted octanol–water partition coefficient (Wildman–Crippen LogP) is 0.970. The lowest BCUT2D eigenvalue weighted by atomic mass is 10.2. The Labute approximate surface area is 138 Å². The average Bonchev–Trinajstić information content (AvgIpc) is 2.61. The SMILES string of the molecule is COCCCNCC(=O)N1CCN(c2ccc(OC)cc2)CC1. The zero-order valence-corrected chi connectivity index (χ0v) is 14.1. The molecule has 1 aromatic rings. The number of carbonyl (C=O) groups is 1. The van der Waals surface area contributed by atoms with Gasteiger partial charge in [-0.3, -0.25) is 4.79 Å². The quantitative estimate of drug-likeness (QED) is 0.723. The number of nitrogens with zero attached hydrogens (tertiary/aromatic N) is 2. The second kappa shape index (κ2) is 9.37. The number of rotatable bonds is 8. The van der Waals surface area contributed by atoms with E-state index in [1.54, 1.807) is 14.2 Å². The summed E-state index contributed by atoms with van der Waals surface area (Å²) in [4.78, 5) is 16.4. The van der Waals surface area contributed by atoms with Crippen molar-refractivity contribution < 1.29 is 14.3 Å². The van der Waals surface area contributed by atoms with E-state index in [4.69, 9.17) is 9.47 Å². The highest BCUT2D eigenvalue weighted by Crippen LogP contribution is 2.20. The predicted molar refractivity (Wildman–Crippen MR) is 91.1 cm³/mol. The van der Waals surface area contributed by atoms with Crippen molar-refractivity contribution in [2.24, 2.45) is 0 Å². The fraction of sp³-hybridized carbons (Fsp3) is 0.588. The number of anilines is 1. The minimum atomic E-state index is 0.178. The fourth-order valence-corrected chi connectivity index (χ4v) is 2.66. The normalized spacial score (nSPS) is 14.9. The second-order valence-corrected chi connectivity index (χ2v) is 5.59. The van der Waals surface area contributed by atoms with Crippen molar-refractivity contribution in [1.29, 1.82) is 0 Å². The molecule has 0 aromatic heterocycles. The summed E-state index contributed by atoms with van der Waals surface area (Å²) in [5.41, 5.74) is 1.18. The summed E-state index contributed by atoms with van der Waals surface area (Å²) in [7, 11) is 3.36. The van der Waals surface area contributed by atoms with Gasteiger partial charge in [-0.25, -0.2) is 0 Å². The molecule has 1 heterocycles. The van der Waals surface area contributed by atoms with Crippen LogP contribution in [-0.4, -0.2) is 70.9 Å². The number of ether oxygens (including phenoxy) is 2. The second-order valence-electron chi connectivity index (χ2n) is 5.59. The smallest absolute Gasteiger partial charge is 0.236 e. The molecule has 1 aliphatic rings. The van der Waals surface area contributed by atoms with Crippen molar-refractivity contribution in [2.75, 3.05) is 65.0 Å². The summed E-state index contributed by atoms with van der Waals surface area (Å²) < 4.78 is 10.2. The van der Waals surface area contributed by atoms with Gasteiger partial charge in [0.25, 0.3) is 0 Å². The molecular formula is C17H27N3O3. The Morgan fingerprint density at radius 3 is 2.43 bits per heavy atom. The van der Waals surface area contributed by atoms with Crippen LogP contribution in [0.2, 0.25) is 0 Å². The number of carbonyl (C=O) groups excluding carboxylic acids is 1. The molecule has 0 spiro atoms. The molecular weight excluding hydrogens is 294 g/mol. The van der Waals surface area contributed by atoms with Crippen molar-refractivity contribution in [1.82, 2.24) is 10.2 Å². The van der Waals surface area contributed by atoms with Gasteiger partial charge < -0.3 is 24.6 Å². The summed E-state index contributed by atoms with van der Waals surface area (Å²) in [6.45, 7) is 5.21. The molecule has 0 radical (unpaired) electrons. The molecule has 1 aliphatic heterocycles. The van der Waals surface area contributed by atoms with E-state index < -0.39 is 0 Å².